The Bertz CT molecular complexity index is 1560. The van der Waals surface area contributed by atoms with Crippen LogP contribution in [0.15, 0.2) is 42.7 Å². The quantitative estimate of drug-likeness (QED) is 0.449. The Morgan fingerprint density at radius 2 is 1.97 bits per heavy atom. The van der Waals surface area contributed by atoms with E-state index in [1.807, 2.05) is 0 Å². The first-order valence-electron chi connectivity index (χ1n) is 11.8. The first-order chi connectivity index (χ1) is 17.6. The molecule has 0 radical (unpaired) electrons. The van der Waals surface area contributed by atoms with Crippen LogP contribution < -0.4 is 5.73 Å². The highest BCUT2D eigenvalue weighted by Gasteiger charge is 2.48. The van der Waals surface area contributed by atoms with Crippen molar-refractivity contribution in [3.8, 4) is 0 Å². The molecule has 1 aliphatic heterocycles. The van der Waals surface area contributed by atoms with Crippen LogP contribution in [0.5, 0.6) is 0 Å². The zero-order chi connectivity index (χ0) is 26.1. The van der Waals surface area contributed by atoms with Crippen molar-refractivity contribution in [2.75, 3.05) is 5.73 Å². The number of amides is 2. The number of aromatic nitrogens is 4. The molecule has 0 spiro atoms. The van der Waals surface area contributed by atoms with Crippen LogP contribution in [0.3, 0.4) is 0 Å². The highest BCUT2D eigenvalue weighted by Crippen LogP contribution is 2.40. The Kier molecular flexibility index (Phi) is 5.11. The van der Waals surface area contributed by atoms with E-state index in [2.05, 4.69) is 15.1 Å². The van der Waals surface area contributed by atoms with Gasteiger partial charge in [-0.15, -0.1) is 0 Å². The van der Waals surface area contributed by atoms with Crippen LogP contribution in [-0.2, 0) is 24.6 Å². The van der Waals surface area contributed by atoms with Gasteiger partial charge in [0.05, 0.1) is 46.5 Å². The van der Waals surface area contributed by atoms with E-state index in [9.17, 15) is 22.8 Å². The lowest BCUT2D eigenvalue weighted by molar-refractivity contribution is -0.149. The van der Waals surface area contributed by atoms with E-state index in [0.29, 0.717) is 39.6 Å². The molecule has 37 heavy (non-hydrogen) atoms. The van der Waals surface area contributed by atoms with Gasteiger partial charge in [0.2, 0.25) is 5.91 Å². The summed E-state index contributed by atoms with van der Waals surface area (Å²) in [5.74, 6) is -0.445. The summed E-state index contributed by atoms with van der Waals surface area (Å²) in [5, 5.41) is 8.36. The summed E-state index contributed by atoms with van der Waals surface area (Å²) in [4.78, 5) is 35.3. The summed E-state index contributed by atoms with van der Waals surface area (Å²) in [6.07, 6.45) is -0.00133. The Labute approximate surface area is 208 Å². The molecule has 9 nitrogen and oxygen atoms in total. The van der Waals surface area contributed by atoms with Gasteiger partial charge in [-0.2, -0.15) is 18.3 Å². The standard InChI is InChI=1S/C25H22F3N7O2/c1-33-21-18-9-14(3-7-20(18)32-22(29)19(21)11-31-33)23(36)34(35-17-6-2-13(8-17)24(35)37)12-16-5-4-15(10-30-16)25(26,27)28/h3-5,7,9-11,13,17H,2,6,8,12H2,1H3,(H2,29,32)/t13-,17+/m0/s1. The molecule has 2 amide bonds. The molecule has 0 unspecified atom stereocenters. The lowest BCUT2D eigenvalue weighted by Gasteiger charge is -2.37. The summed E-state index contributed by atoms with van der Waals surface area (Å²) >= 11 is 0. The zero-order valence-corrected chi connectivity index (χ0v) is 19.7. The second-order valence-corrected chi connectivity index (χ2v) is 9.50. The fourth-order valence-corrected chi connectivity index (χ4v) is 5.41. The number of benzene rings is 1. The van der Waals surface area contributed by atoms with Crippen LogP contribution in [-0.4, -0.2) is 47.6 Å². The van der Waals surface area contributed by atoms with Crippen molar-refractivity contribution in [3.63, 3.8) is 0 Å². The van der Waals surface area contributed by atoms with E-state index in [-0.39, 0.29) is 30.1 Å². The highest BCUT2D eigenvalue weighted by atomic mass is 19.4. The van der Waals surface area contributed by atoms with Gasteiger partial charge in [0.25, 0.3) is 5.91 Å². The average Bonchev–Trinajstić information content (AvgIpc) is 3.57. The van der Waals surface area contributed by atoms with Crippen LogP contribution >= 0.6 is 0 Å². The number of hydrazine groups is 1. The first-order valence-corrected chi connectivity index (χ1v) is 11.8. The number of carbonyl (C=O) groups is 2. The van der Waals surface area contributed by atoms with Crippen molar-refractivity contribution in [1.29, 1.82) is 0 Å². The predicted molar refractivity (Wildman–Crippen MR) is 128 cm³/mol. The number of pyridine rings is 2. The van der Waals surface area contributed by atoms with Crippen LogP contribution in [0.25, 0.3) is 21.8 Å². The van der Waals surface area contributed by atoms with Crippen molar-refractivity contribution in [1.82, 2.24) is 29.8 Å². The maximum atomic E-state index is 13.9. The smallest absolute Gasteiger partial charge is 0.383 e. The number of hydrogen-bond acceptors (Lipinski definition) is 6. The molecule has 1 aliphatic carbocycles. The van der Waals surface area contributed by atoms with Gasteiger partial charge >= 0.3 is 6.18 Å². The van der Waals surface area contributed by atoms with Gasteiger partial charge in [-0.1, -0.05) is 0 Å². The maximum Gasteiger partial charge on any atom is 0.417 e. The van der Waals surface area contributed by atoms with Crippen molar-refractivity contribution >= 4 is 39.4 Å². The number of piperidine rings is 1. The number of aryl methyl sites for hydroxylation is 1. The molecule has 6 rings (SSSR count). The zero-order valence-electron chi connectivity index (χ0n) is 19.7. The van der Waals surface area contributed by atoms with E-state index in [1.54, 1.807) is 36.1 Å². The summed E-state index contributed by atoms with van der Waals surface area (Å²) in [6.45, 7) is -0.148. The van der Waals surface area contributed by atoms with Crippen LogP contribution in [0.4, 0.5) is 19.0 Å². The SMILES string of the molecule is Cn1ncc2c(N)nc3ccc(C(=O)N(Cc4ccc(C(F)(F)F)cn4)N4C(=O)[C@H]5CC[C@@H]4C5)cc3c21. The van der Waals surface area contributed by atoms with E-state index < -0.39 is 17.6 Å². The third kappa shape index (κ3) is 3.74. The molecule has 12 heteroatoms. The Hall–Kier alpha value is -4.22. The fourth-order valence-electron chi connectivity index (χ4n) is 5.41. The van der Waals surface area contributed by atoms with Gasteiger partial charge in [-0.3, -0.25) is 19.3 Å². The molecule has 2 fully saturated rings. The number of rotatable bonds is 4. The third-order valence-corrected chi connectivity index (χ3v) is 7.24. The van der Waals surface area contributed by atoms with E-state index in [0.717, 1.165) is 25.1 Å². The molecule has 2 bridgehead atoms. The normalized spacial score (nSPS) is 19.4. The van der Waals surface area contributed by atoms with Gasteiger partial charge < -0.3 is 5.73 Å². The molecule has 4 heterocycles. The van der Waals surface area contributed by atoms with Gasteiger partial charge in [0.15, 0.2) is 0 Å². The number of hydrogen-bond donors (Lipinski definition) is 1. The topological polar surface area (TPSA) is 110 Å². The number of halogens is 3. The number of anilines is 1. The number of fused-ring (bicyclic) bond motifs is 5. The molecular weight excluding hydrogens is 487 g/mol. The molecule has 1 aromatic carbocycles. The average molecular weight is 509 g/mol. The maximum absolute atomic E-state index is 13.9. The molecule has 2 aliphatic rings. The van der Waals surface area contributed by atoms with Crippen LogP contribution in [0.1, 0.15) is 40.9 Å². The Morgan fingerprint density at radius 1 is 1.16 bits per heavy atom. The molecule has 2 atom stereocenters. The van der Waals surface area contributed by atoms with E-state index in [1.165, 1.54) is 16.1 Å². The minimum absolute atomic E-state index is 0.137. The molecule has 1 saturated heterocycles. The minimum atomic E-state index is -4.52. The number of nitrogen functional groups attached to an aromatic ring is 1. The Balaban J connectivity index is 1.41. The summed E-state index contributed by atoms with van der Waals surface area (Å²) in [6, 6.07) is 6.98. The highest BCUT2D eigenvalue weighted by molar-refractivity contribution is 6.10. The molecule has 3 aromatic heterocycles. The van der Waals surface area contributed by atoms with Crippen molar-refractivity contribution in [3.05, 3.63) is 59.5 Å². The third-order valence-electron chi connectivity index (χ3n) is 7.24. The van der Waals surface area contributed by atoms with Crippen molar-refractivity contribution in [2.45, 2.75) is 38.0 Å². The van der Waals surface area contributed by atoms with E-state index >= 15 is 0 Å². The first kappa shape index (κ1) is 23.2. The Morgan fingerprint density at radius 3 is 2.65 bits per heavy atom. The predicted octanol–water partition coefficient (Wildman–Crippen LogP) is 3.69. The number of alkyl halides is 3. The van der Waals surface area contributed by atoms with Gasteiger partial charge in [0, 0.05) is 30.1 Å². The van der Waals surface area contributed by atoms with E-state index in [4.69, 9.17) is 5.73 Å². The summed E-state index contributed by atoms with van der Waals surface area (Å²) in [7, 11) is 1.76. The van der Waals surface area contributed by atoms with Crippen molar-refractivity contribution < 1.29 is 22.8 Å². The molecule has 190 valence electrons. The number of carbonyl (C=O) groups excluding carboxylic acids is 2. The molecule has 4 aromatic rings. The van der Waals surface area contributed by atoms with Gasteiger partial charge in [-0.25, -0.2) is 15.0 Å². The van der Waals surface area contributed by atoms with Crippen LogP contribution in [0.2, 0.25) is 0 Å². The fraction of sp³-hybridized carbons (Fsp3) is 0.320. The summed E-state index contributed by atoms with van der Waals surface area (Å²) in [5.41, 5.74) is 7.02. The minimum Gasteiger partial charge on any atom is -0.383 e. The van der Waals surface area contributed by atoms with Crippen LogP contribution in [0, 0.1) is 5.92 Å². The lowest BCUT2D eigenvalue weighted by atomic mass is 10.1. The summed E-state index contributed by atoms with van der Waals surface area (Å²) < 4.78 is 40.7. The lowest BCUT2D eigenvalue weighted by Crippen LogP contribution is -2.52. The van der Waals surface area contributed by atoms with Gasteiger partial charge in [-0.05, 0) is 49.6 Å². The molecular formula is C25H22F3N7O2. The molecule has 1 saturated carbocycles. The number of nitrogens with zero attached hydrogens (tertiary/aromatic N) is 6. The monoisotopic (exact) mass is 509 g/mol. The number of nitrogens with two attached hydrogens (primary N) is 1. The van der Waals surface area contributed by atoms with Gasteiger partial charge in [0.1, 0.15) is 5.82 Å². The second kappa shape index (κ2) is 8.15. The van der Waals surface area contributed by atoms with Crippen molar-refractivity contribution in [2.24, 2.45) is 13.0 Å². The largest absolute Gasteiger partial charge is 0.417 e. The second-order valence-electron chi connectivity index (χ2n) is 9.50. The molecule has 2 N–H and O–H groups in total.